The van der Waals surface area contributed by atoms with Gasteiger partial charge in [0.2, 0.25) is 0 Å². The second-order valence-electron chi connectivity index (χ2n) is 6.30. The van der Waals surface area contributed by atoms with Crippen LogP contribution >= 0.6 is 0 Å². The van der Waals surface area contributed by atoms with Crippen LogP contribution in [0, 0.1) is 6.92 Å². The van der Waals surface area contributed by atoms with Crippen LogP contribution in [-0.4, -0.2) is 16.0 Å². The number of nitrogens with zero attached hydrogens (tertiary/aromatic N) is 3. The molecule has 1 aromatic carbocycles. The predicted molar refractivity (Wildman–Crippen MR) is 101 cm³/mol. The summed E-state index contributed by atoms with van der Waals surface area (Å²) < 4.78 is 5.36. The highest BCUT2D eigenvalue weighted by Crippen LogP contribution is 2.21. The van der Waals surface area contributed by atoms with Gasteiger partial charge in [0.05, 0.1) is 12.8 Å². The highest BCUT2D eigenvalue weighted by molar-refractivity contribution is 5.50. The first kappa shape index (κ1) is 17.0. The molecule has 5 nitrogen and oxygen atoms in total. The molecule has 25 heavy (non-hydrogen) atoms. The third kappa shape index (κ3) is 4.59. The Labute approximate surface area is 148 Å². The largest absolute Gasteiger partial charge is 0.467 e. The Morgan fingerprint density at radius 3 is 2.56 bits per heavy atom. The molecule has 0 amide bonds. The summed E-state index contributed by atoms with van der Waals surface area (Å²) in [4.78, 5) is 11.4. The van der Waals surface area contributed by atoms with E-state index >= 15 is 0 Å². The van der Waals surface area contributed by atoms with E-state index in [1.807, 2.05) is 31.2 Å². The quantitative estimate of drug-likeness (QED) is 0.693. The van der Waals surface area contributed by atoms with Crippen molar-refractivity contribution in [2.45, 2.75) is 39.9 Å². The Balaban J connectivity index is 1.80. The van der Waals surface area contributed by atoms with E-state index in [-0.39, 0.29) is 0 Å². The molecular formula is C20H24N4O. The zero-order valence-electron chi connectivity index (χ0n) is 14.9. The summed E-state index contributed by atoms with van der Waals surface area (Å²) in [6.07, 6.45) is 1.67. The molecule has 130 valence electrons. The molecule has 0 saturated carbocycles. The van der Waals surface area contributed by atoms with Crippen LogP contribution in [0.5, 0.6) is 0 Å². The molecule has 0 fully saturated rings. The molecule has 0 atom stereocenters. The van der Waals surface area contributed by atoms with E-state index in [1.165, 1.54) is 5.56 Å². The molecule has 2 aromatic heterocycles. The Hall–Kier alpha value is -2.82. The highest BCUT2D eigenvalue weighted by atomic mass is 16.3. The van der Waals surface area contributed by atoms with Crippen molar-refractivity contribution in [2.75, 3.05) is 10.2 Å². The average Bonchev–Trinajstić information content (AvgIpc) is 3.11. The van der Waals surface area contributed by atoms with Crippen molar-refractivity contribution in [1.82, 2.24) is 9.97 Å². The molecule has 5 heteroatoms. The maximum Gasteiger partial charge on any atom is 0.134 e. The molecule has 1 N–H and O–H groups in total. The van der Waals surface area contributed by atoms with Gasteiger partial charge in [-0.2, -0.15) is 0 Å². The maximum absolute atomic E-state index is 5.36. The van der Waals surface area contributed by atoms with Crippen molar-refractivity contribution in [3.8, 4) is 0 Å². The first-order chi connectivity index (χ1) is 12.1. The second kappa shape index (κ2) is 7.83. The average molecular weight is 336 g/mol. The van der Waals surface area contributed by atoms with Crippen LogP contribution in [0.25, 0.3) is 0 Å². The topological polar surface area (TPSA) is 54.2 Å². The Kier molecular flexibility index (Phi) is 5.33. The Morgan fingerprint density at radius 2 is 1.88 bits per heavy atom. The third-order valence-electron chi connectivity index (χ3n) is 3.96. The molecule has 0 aliphatic heterocycles. The number of anilines is 2. The molecule has 3 rings (SSSR count). The first-order valence-electron chi connectivity index (χ1n) is 8.54. The summed E-state index contributed by atoms with van der Waals surface area (Å²) in [6, 6.07) is 16.6. The summed E-state index contributed by atoms with van der Waals surface area (Å²) in [5.74, 6) is 3.35. The maximum atomic E-state index is 5.36. The van der Waals surface area contributed by atoms with Crippen LogP contribution < -0.4 is 10.2 Å². The Bertz CT molecular complexity index is 785. The van der Waals surface area contributed by atoms with E-state index in [0.29, 0.717) is 12.6 Å². The van der Waals surface area contributed by atoms with Crippen molar-refractivity contribution in [3.05, 3.63) is 71.9 Å². The molecular weight excluding hydrogens is 312 g/mol. The fourth-order valence-electron chi connectivity index (χ4n) is 2.69. The van der Waals surface area contributed by atoms with Gasteiger partial charge in [0, 0.05) is 18.7 Å². The van der Waals surface area contributed by atoms with E-state index < -0.39 is 0 Å². The van der Waals surface area contributed by atoms with Crippen molar-refractivity contribution in [2.24, 2.45) is 0 Å². The van der Waals surface area contributed by atoms with E-state index in [4.69, 9.17) is 4.42 Å². The summed E-state index contributed by atoms with van der Waals surface area (Å²) in [6.45, 7) is 7.69. The molecule has 0 unspecified atom stereocenters. The molecule has 0 spiro atoms. The standard InChI is InChI=1S/C20H24N4O/c1-15(2)24(14-17-8-5-4-6-9-17)20-12-19(22-16(3)23-20)21-13-18-10-7-11-25-18/h4-12,15H,13-14H2,1-3H3,(H,21,22,23). The lowest BCUT2D eigenvalue weighted by atomic mass is 10.2. The molecule has 0 saturated heterocycles. The zero-order valence-corrected chi connectivity index (χ0v) is 14.9. The van der Waals surface area contributed by atoms with Gasteiger partial charge < -0.3 is 14.6 Å². The van der Waals surface area contributed by atoms with Crippen molar-refractivity contribution in [1.29, 1.82) is 0 Å². The van der Waals surface area contributed by atoms with Gasteiger partial charge >= 0.3 is 0 Å². The number of hydrogen-bond donors (Lipinski definition) is 1. The van der Waals surface area contributed by atoms with Gasteiger partial charge in [-0.3, -0.25) is 0 Å². The molecule has 0 bridgehead atoms. The lowest BCUT2D eigenvalue weighted by Crippen LogP contribution is -2.31. The van der Waals surface area contributed by atoms with Crippen LogP contribution in [0.15, 0.2) is 59.2 Å². The third-order valence-corrected chi connectivity index (χ3v) is 3.96. The fourth-order valence-corrected chi connectivity index (χ4v) is 2.69. The Morgan fingerprint density at radius 1 is 1.08 bits per heavy atom. The summed E-state index contributed by atoms with van der Waals surface area (Å²) in [5, 5.41) is 3.31. The number of aryl methyl sites for hydroxylation is 1. The van der Waals surface area contributed by atoms with Gasteiger partial charge in [0.25, 0.3) is 0 Å². The highest BCUT2D eigenvalue weighted by Gasteiger charge is 2.14. The van der Waals surface area contributed by atoms with Crippen LogP contribution in [0.3, 0.4) is 0 Å². The molecule has 3 aromatic rings. The molecule has 2 heterocycles. The van der Waals surface area contributed by atoms with Gasteiger partial charge in [0.1, 0.15) is 23.2 Å². The summed E-state index contributed by atoms with van der Waals surface area (Å²) in [5.41, 5.74) is 1.26. The van der Waals surface area contributed by atoms with Crippen molar-refractivity contribution < 1.29 is 4.42 Å². The number of furan rings is 1. The molecule has 0 aliphatic rings. The summed E-state index contributed by atoms with van der Waals surface area (Å²) >= 11 is 0. The number of benzene rings is 1. The van der Waals surface area contributed by atoms with Crippen LogP contribution in [-0.2, 0) is 13.1 Å². The number of nitrogens with one attached hydrogen (secondary N) is 1. The number of hydrogen-bond acceptors (Lipinski definition) is 5. The molecule has 0 radical (unpaired) electrons. The van der Waals surface area contributed by atoms with Gasteiger partial charge in [-0.25, -0.2) is 9.97 Å². The SMILES string of the molecule is Cc1nc(NCc2ccco2)cc(N(Cc2ccccc2)C(C)C)n1. The van der Waals surface area contributed by atoms with Crippen LogP contribution in [0.2, 0.25) is 0 Å². The first-order valence-corrected chi connectivity index (χ1v) is 8.54. The second-order valence-corrected chi connectivity index (χ2v) is 6.30. The minimum Gasteiger partial charge on any atom is -0.467 e. The van der Waals surface area contributed by atoms with Crippen LogP contribution in [0.1, 0.15) is 31.0 Å². The molecule has 0 aliphatic carbocycles. The van der Waals surface area contributed by atoms with E-state index in [2.05, 4.69) is 58.3 Å². The summed E-state index contributed by atoms with van der Waals surface area (Å²) in [7, 11) is 0. The fraction of sp³-hybridized carbons (Fsp3) is 0.300. The van der Waals surface area contributed by atoms with Crippen molar-refractivity contribution in [3.63, 3.8) is 0 Å². The van der Waals surface area contributed by atoms with E-state index in [0.717, 1.165) is 29.8 Å². The monoisotopic (exact) mass is 336 g/mol. The van der Waals surface area contributed by atoms with Crippen molar-refractivity contribution >= 4 is 11.6 Å². The predicted octanol–water partition coefficient (Wildman–Crippen LogP) is 4.41. The lowest BCUT2D eigenvalue weighted by Gasteiger charge is -2.28. The van der Waals surface area contributed by atoms with Gasteiger partial charge in [-0.05, 0) is 38.5 Å². The zero-order chi connectivity index (χ0) is 17.6. The minimum atomic E-state index is 0.326. The van der Waals surface area contributed by atoms with E-state index in [1.54, 1.807) is 6.26 Å². The van der Waals surface area contributed by atoms with Crippen LogP contribution in [0.4, 0.5) is 11.6 Å². The normalized spacial score (nSPS) is 10.9. The smallest absolute Gasteiger partial charge is 0.134 e. The van der Waals surface area contributed by atoms with Gasteiger partial charge in [0.15, 0.2) is 0 Å². The minimum absolute atomic E-state index is 0.326. The number of aromatic nitrogens is 2. The van der Waals surface area contributed by atoms with Gasteiger partial charge in [-0.15, -0.1) is 0 Å². The van der Waals surface area contributed by atoms with E-state index in [9.17, 15) is 0 Å². The lowest BCUT2D eigenvalue weighted by molar-refractivity contribution is 0.517. The number of rotatable bonds is 7. The van der Waals surface area contributed by atoms with Gasteiger partial charge in [-0.1, -0.05) is 30.3 Å².